The maximum atomic E-state index is 12.1. The van der Waals surface area contributed by atoms with E-state index in [0.717, 1.165) is 67.8 Å². The summed E-state index contributed by atoms with van der Waals surface area (Å²) in [5.41, 5.74) is 4.55. The van der Waals surface area contributed by atoms with Crippen LogP contribution in [0.25, 0.3) is 11.0 Å². The van der Waals surface area contributed by atoms with Gasteiger partial charge in [0, 0.05) is 19.5 Å². The summed E-state index contributed by atoms with van der Waals surface area (Å²) in [4.78, 5) is 17.1. The molecule has 37 heavy (non-hydrogen) atoms. The second-order valence-electron chi connectivity index (χ2n) is 9.89. The number of fused-ring (bicyclic) bond motifs is 1. The van der Waals surface area contributed by atoms with Crippen molar-refractivity contribution in [3.63, 3.8) is 0 Å². The van der Waals surface area contributed by atoms with Crippen LogP contribution < -0.4 is 10.1 Å². The van der Waals surface area contributed by atoms with Crippen molar-refractivity contribution in [3.05, 3.63) is 95.8 Å². The van der Waals surface area contributed by atoms with Crippen molar-refractivity contribution in [1.29, 1.82) is 0 Å². The number of aromatic nitrogens is 2. The van der Waals surface area contributed by atoms with Gasteiger partial charge >= 0.3 is 0 Å². The number of carbonyl (C=O) groups is 1. The van der Waals surface area contributed by atoms with Crippen LogP contribution in [0.3, 0.4) is 0 Å². The van der Waals surface area contributed by atoms with Gasteiger partial charge in [-0.1, -0.05) is 80.9 Å². The number of hydrogen-bond acceptors (Lipinski definition) is 3. The van der Waals surface area contributed by atoms with Gasteiger partial charge in [-0.15, -0.1) is 0 Å². The van der Waals surface area contributed by atoms with Gasteiger partial charge in [0.2, 0.25) is 5.91 Å². The Morgan fingerprint density at radius 1 is 0.892 bits per heavy atom. The Morgan fingerprint density at radius 2 is 1.65 bits per heavy atom. The number of benzene rings is 3. The fourth-order valence-electron chi connectivity index (χ4n) is 4.72. The maximum absolute atomic E-state index is 12.1. The zero-order valence-electron chi connectivity index (χ0n) is 22.2. The summed E-state index contributed by atoms with van der Waals surface area (Å²) in [7, 11) is 0. The Labute approximate surface area is 220 Å². The van der Waals surface area contributed by atoms with E-state index in [2.05, 4.69) is 60.1 Å². The first kappa shape index (κ1) is 26.5. The van der Waals surface area contributed by atoms with E-state index in [0.29, 0.717) is 18.9 Å². The highest BCUT2D eigenvalue weighted by Gasteiger charge is 2.11. The third kappa shape index (κ3) is 7.69. The molecule has 5 heteroatoms. The summed E-state index contributed by atoms with van der Waals surface area (Å²) in [6.07, 6.45) is 5.39. The molecule has 3 aromatic carbocycles. The van der Waals surface area contributed by atoms with Gasteiger partial charge in [0.15, 0.2) is 0 Å². The molecule has 0 saturated carbocycles. The van der Waals surface area contributed by atoms with Crippen LogP contribution >= 0.6 is 0 Å². The quantitative estimate of drug-likeness (QED) is 0.197. The van der Waals surface area contributed by atoms with Crippen LogP contribution in [0.5, 0.6) is 5.75 Å². The SMILES string of the molecule is CC(C)c1ccccc1OCCCn1c(CCCCCNC(=O)Cc2ccccc2)nc2ccccc21. The van der Waals surface area contributed by atoms with Crippen LogP contribution in [0.2, 0.25) is 0 Å². The molecule has 0 unspecified atom stereocenters. The van der Waals surface area contributed by atoms with Gasteiger partial charge in [-0.3, -0.25) is 4.79 Å². The lowest BCUT2D eigenvalue weighted by Crippen LogP contribution is -2.26. The molecule has 1 N–H and O–H groups in total. The van der Waals surface area contributed by atoms with E-state index in [1.54, 1.807) is 0 Å². The van der Waals surface area contributed by atoms with E-state index in [9.17, 15) is 4.79 Å². The maximum Gasteiger partial charge on any atom is 0.224 e. The normalized spacial score (nSPS) is 11.2. The summed E-state index contributed by atoms with van der Waals surface area (Å²) >= 11 is 0. The number of amides is 1. The number of nitrogens with zero attached hydrogens (tertiary/aromatic N) is 2. The Kier molecular flexibility index (Phi) is 9.75. The van der Waals surface area contributed by atoms with E-state index >= 15 is 0 Å². The minimum absolute atomic E-state index is 0.0891. The molecule has 0 aliphatic rings. The zero-order chi connectivity index (χ0) is 25.9. The molecule has 0 saturated heterocycles. The van der Waals surface area contributed by atoms with Gasteiger partial charge in [-0.2, -0.15) is 0 Å². The molecular formula is C32H39N3O2. The topological polar surface area (TPSA) is 56.1 Å². The number of imidazole rings is 1. The number of rotatable bonds is 14. The van der Waals surface area contributed by atoms with Crippen molar-refractivity contribution in [3.8, 4) is 5.75 Å². The first-order valence-corrected chi connectivity index (χ1v) is 13.6. The third-order valence-electron chi connectivity index (χ3n) is 6.67. The monoisotopic (exact) mass is 497 g/mol. The molecule has 0 aliphatic carbocycles. The number of nitrogens with one attached hydrogen (secondary N) is 1. The van der Waals surface area contributed by atoms with Crippen LogP contribution in [-0.4, -0.2) is 28.6 Å². The largest absolute Gasteiger partial charge is 0.493 e. The Morgan fingerprint density at radius 3 is 2.49 bits per heavy atom. The minimum Gasteiger partial charge on any atom is -0.493 e. The summed E-state index contributed by atoms with van der Waals surface area (Å²) in [5.74, 6) is 2.66. The molecule has 0 aliphatic heterocycles. The van der Waals surface area contributed by atoms with Gasteiger partial charge in [-0.25, -0.2) is 4.98 Å². The second-order valence-corrected chi connectivity index (χ2v) is 9.89. The molecule has 5 nitrogen and oxygen atoms in total. The highest BCUT2D eigenvalue weighted by atomic mass is 16.5. The predicted octanol–water partition coefficient (Wildman–Crippen LogP) is 6.70. The molecule has 0 fully saturated rings. The molecule has 4 aromatic rings. The molecule has 1 aromatic heterocycles. The lowest BCUT2D eigenvalue weighted by molar-refractivity contribution is -0.120. The van der Waals surface area contributed by atoms with E-state index in [1.807, 2.05) is 42.5 Å². The molecular weight excluding hydrogens is 458 g/mol. The van der Waals surface area contributed by atoms with Crippen LogP contribution in [0.4, 0.5) is 0 Å². The Hall–Kier alpha value is -3.60. The summed E-state index contributed by atoms with van der Waals surface area (Å²) in [6.45, 7) is 6.68. The fourth-order valence-corrected chi connectivity index (χ4v) is 4.72. The standard InChI is InChI=1S/C32H39N3O2/c1-25(2)27-16-8-11-19-30(27)37-23-13-22-35-29-18-10-9-17-28(29)34-31(35)20-7-4-12-21-33-32(36)24-26-14-5-3-6-15-26/h3,5-6,8-11,14-19,25H,4,7,12-13,20-24H2,1-2H3,(H,33,36). The molecule has 4 rings (SSSR count). The van der Waals surface area contributed by atoms with E-state index < -0.39 is 0 Å². The van der Waals surface area contributed by atoms with E-state index in [1.165, 1.54) is 11.1 Å². The first-order chi connectivity index (χ1) is 18.1. The molecule has 194 valence electrons. The number of ether oxygens (including phenoxy) is 1. The number of carbonyl (C=O) groups excluding carboxylic acids is 1. The van der Waals surface area contributed by atoms with Gasteiger partial charge in [-0.05, 0) is 54.5 Å². The van der Waals surface area contributed by atoms with Crippen molar-refractivity contribution < 1.29 is 9.53 Å². The third-order valence-corrected chi connectivity index (χ3v) is 6.67. The number of hydrogen-bond donors (Lipinski definition) is 1. The van der Waals surface area contributed by atoms with Gasteiger partial charge in [0.05, 0.1) is 24.1 Å². The molecule has 1 amide bonds. The average Bonchev–Trinajstić information content (AvgIpc) is 3.26. The summed E-state index contributed by atoms with van der Waals surface area (Å²) < 4.78 is 8.52. The summed E-state index contributed by atoms with van der Waals surface area (Å²) in [6, 6.07) is 26.6. The first-order valence-electron chi connectivity index (χ1n) is 13.6. The summed E-state index contributed by atoms with van der Waals surface area (Å²) in [5, 5.41) is 3.05. The molecule has 0 spiro atoms. The van der Waals surface area contributed by atoms with E-state index in [4.69, 9.17) is 9.72 Å². The van der Waals surface area contributed by atoms with Crippen molar-refractivity contribution in [2.75, 3.05) is 13.2 Å². The predicted molar refractivity (Wildman–Crippen MR) is 151 cm³/mol. The van der Waals surface area contributed by atoms with Crippen molar-refractivity contribution in [1.82, 2.24) is 14.9 Å². The molecule has 1 heterocycles. The molecule has 0 bridgehead atoms. The van der Waals surface area contributed by atoms with Crippen LogP contribution in [0, 0.1) is 0 Å². The average molecular weight is 498 g/mol. The van der Waals surface area contributed by atoms with Crippen LogP contribution in [0.1, 0.15) is 62.4 Å². The van der Waals surface area contributed by atoms with E-state index in [-0.39, 0.29) is 5.91 Å². The Balaban J connectivity index is 1.24. The van der Waals surface area contributed by atoms with Gasteiger partial charge in [0.1, 0.15) is 11.6 Å². The van der Waals surface area contributed by atoms with Crippen LogP contribution in [-0.2, 0) is 24.2 Å². The Bertz CT molecular complexity index is 1260. The highest BCUT2D eigenvalue weighted by molar-refractivity contribution is 5.78. The van der Waals surface area contributed by atoms with Crippen molar-refractivity contribution >= 4 is 16.9 Å². The van der Waals surface area contributed by atoms with Gasteiger partial charge < -0.3 is 14.6 Å². The van der Waals surface area contributed by atoms with Crippen molar-refractivity contribution in [2.24, 2.45) is 0 Å². The van der Waals surface area contributed by atoms with Gasteiger partial charge in [0.25, 0.3) is 0 Å². The zero-order valence-corrected chi connectivity index (χ0v) is 22.2. The highest BCUT2D eigenvalue weighted by Crippen LogP contribution is 2.26. The lowest BCUT2D eigenvalue weighted by Gasteiger charge is -2.14. The minimum atomic E-state index is 0.0891. The van der Waals surface area contributed by atoms with Crippen LogP contribution in [0.15, 0.2) is 78.9 Å². The second kappa shape index (κ2) is 13.6. The number of unbranched alkanes of at least 4 members (excludes halogenated alkanes) is 2. The number of para-hydroxylation sites is 3. The molecule has 0 atom stereocenters. The fraction of sp³-hybridized carbons (Fsp3) is 0.375. The molecule has 0 radical (unpaired) electrons. The lowest BCUT2D eigenvalue weighted by atomic mass is 10.0. The van der Waals surface area contributed by atoms with Crippen molar-refractivity contribution in [2.45, 2.75) is 64.8 Å². The number of aryl methyl sites for hydroxylation is 2. The smallest absolute Gasteiger partial charge is 0.224 e.